The summed E-state index contributed by atoms with van der Waals surface area (Å²) < 4.78 is 0. The number of para-hydroxylation sites is 1. The average Bonchev–Trinajstić information content (AvgIpc) is 3.12. The molecule has 0 saturated heterocycles. The molecule has 5 nitrogen and oxygen atoms in total. The highest BCUT2D eigenvalue weighted by Gasteiger charge is 2.29. The van der Waals surface area contributed by atoms with Crippen LogP contribution in [-0.4, -0.2) is 60.2 Å². The number of hydrogen-bond acceptors (Lipinski definition) is 3. The number of carbonyl (C=O) groups is 2. The van der Waals surface area contributed by atoms with Gasteiger partial charge in [-0.2, -0.15) is 0 Å². The monoisotopic (exact) mass is 377 g/mol. The minimum Gasteiger partial charge on any atom is -0.361 e. The van der Waals surface area contributed by atoms with Crippen molar-refractivity contribution in [3.05, 3.63) is 71.9 Å². The SMILES string of the molecule is CN(C)C(Cc1c[nH]c2ccccc12)C(=O)N(C)C(C=O)Cc1ccccc1. The molecule has 0 aliphatic carbocycles. The van der Waals surface area contributed by atoms with Gasteiger partial charge in [0.25, 0.3) is 0 Å². The molecule has 1 aromatic heterocycles. The zero-order valence-electron chi connectivity index (χ0n) is 16.6. The zero-order chi connectivity index (χ0) is 20.1. The number of hydrogen-bond donors (Lipinski definition) is 1. The van der Waals surface area contributed by atoms with Crippen LogP contribution in [0.2, 0.25) is 0 Å². The maximum atomic E-state index is 13.3. The van der Waals surface area contributed by atoms with E-state index in [1.54, 1.807) is 11.9 Å². The summed E-state index contributed by atoms with van der Waals surface area (Å²) in [6, 6.07) is 17.0. The highest BCUT2D eigenvalue weighted by Crippen LogP contribution is 2.21. The quantitative estimate of drug-likeness (QED) is 0.614. The van der Waals surface area contributed by atoms with Crippen LogP contribution in [0.3, 0.4) is 0 Å². The van der Waals surface area contributed by atoms with Gasteiger partial charge in [-0.05, 0) is 44.1 Å². The summed E-state index contributed by atoms with van der Waals surface area (Å²) in [5.41, 5.74) is 3.20. The number of aromatic amines is 1. The summed E-state index contributed by atoms with van der Waals surface area (Å²) in [4.78, 5) is 31.8. The summed E-state index contributed by atoms with van der Waals surface area (Å²) in [5.74, 6) is -0.0525. The van der Waals surface area contributed by atoms with Gasteiger partial charge in [-0.3, -0.25) is 9.69 Å². The van der Waals surface area contributed by atoms with E-state index in [0.29, 0.717) is 12.8 Å². The van der Waals surface area contributed by atoms with E-state index >= 15 is 0 Å². The summed E-state index contributed by atoms with van der Waals surface area (Å²) in [6.45, 7) is 0. The van der Waals surface area contributed by atoms with Gasteiger partial charge in [0.2, 0.25) is 5.91 Å². The number of benzene rings is 2. The molecule has 28 heavy (non-hydrogen) atoms. The molecule has 146 valence electrons. The topological polar surface area (TPSA) is 56.4 Å². The van der Waals surface area contributed by atoms with E-state index in [9.17, 15) is 9.59 Å². The van der Waals surface area contributed by atoms with Crippen LogP contribution in [-0.2, 0) is 22.4 Å². The van der Waals surface area contributed by atoms with Gasteiger partial charge in [-0.1, -0.05) is 48.5 Å². The van der Waals surface area contributed by atoms with Gasteiger partial charge in [0, 0.05) is 24.1 Å². The second-order valence-corrected chi connectivity index (χ2v) is 7.39. The van der Waals surface area contributed by atoms with Gasteiger partial charge in [0.15, 0.2) is 0 Å². The van der Waals surface area contributed by atoms with Gasteiger partial charge in [0.05, 0.1) is 12.1 Å². The second kappa shape index (κ2) is 8.85. The fourth-order valence-electron chi connectivity index (χ4n) is 3.53. The van der Waals surface area contributed by atoms with Crippen LogP contribution >= 0.6 is 0 Å². The Bertz CT molecular complexity index is 933. The molecular weight excluding hydrogens is 350 g/mol. The molecule has 2 unspecified atom stereocenters. The maximum absolute atomic E-state index is 13.3. The number of aldehydes is 1. The highest BCUT2D eigenvalue weighted by atomic mass is 16.2. The summed E-state index contributed by atoms with van der Waals surface area (Å²) in [5, 5.41) is 1.13. The zero-order valence-corrected chi connectivity index (χ0v) is 16.6. The average molecular weight is 377 g/mol. The second-order valence-electron chi connectivity index (χ2n) is 7.39. The first-order valence-corrected chi connectivity index (χ1v) is 9.48. The van der Waals surface area contributed by atoms with Gasteiger partial charge in [0.1, 0.15) is 6.29 Å². The molecule has 3 aromatic rings. The minimum atomic E-state index is -0.486. The highest BCUT2D eigenvalue weighted by molar-refractivity contribution is 5.87. The first-order valence-electron chi connectivity index (χ1n) is 9.48. The van der Waals surface area contributed by atoms with E-state index in [-0.39, 0.29) is 11.9 Å². The Morgan fingerprint density at radius 2 is 1.68 bits per heavy atom. The Hall–Kier alpha value is -2.92. The van der Waals surface area contributed by atoms with Crippen LogP contribution in [0.5, 0.6) is 0 Å². The van der Waals surface area contributed by atoms with Crippen LogP contribution in [0.4, 0.5) is 0 Å². The molecule has 0 aliphatic rings. The molecule has 1 N–H and O–H groups in total. The molecule has 5 heteroatoms. The smallest absolute Gasteiger partial charge is 0.240 e. The Morgan fingerprint density at radius 3 is 2.36 bits per heavy atom. The van der Waals surface area contributed by atoms with Crippen LogP contribution in [0, 0.1) is 0 Å². The first kappa shape index (κ1) is 19.8. The Balaban J connectivity index is 1.78. The molecule has 0 spiro atoms. The van der Waals surface area contributed by atoms with E-state index < -0.39 is 6.04 Å². The molecule has 0 aliphatic heterocycles. The van der Waals surface area contributed by atoms with Crippen molar-refractivity contribution in [1.82, 2.24) is 14.8 Å². The number of rotatable bonds is 8. The van der Waals surface area contributed by atoms with Crippen LogP contribution in [0.15, 0.2) is 60.8 Å². The molecule has 0 saturated carbocycles. The molecule has 3 rings (SSSR count). The van der Waals surface area contributed by atoms with Crippen LogP contribution < -0.4 is 0 Å². The Kier molecular flexibility index (Phi) is 6.26. The number of amides is 1. The van der Waals surface area contributed by atoms with Crippen molar-refractivity contribution in [2.75, 3.05) is 21.1 Å². The van der Waals surface area contributed by atoms with Crippen LogP contribution in [0.1, 0.15) is 11.1 Å². The van der Waals surface area contributed by atoms with E-state index in [2.05, 4.69) is 11.1 Å². The van der Waals surface area contributed by atoms with Crippen molar-refractivity contribution >= 4 is 23.1 Å². The number of nitrogens with zero attached hydrogens (tertiary/aromatic N) is 2. The largest absolute Gasteiger partial charge is 0.361 e. The van der Waals surface area contributed by atoms with E-state index in [0.717, 1.165) is 28.3 Å². The molecule has 2 aromatic carbocycles. The summed E-state index contributed by atoms with van der Waals surface area (Å²) >= 11 is 0. The molecule has 0 fully saturated rings. The third-order valence-corrected chi connectivity index (χ3v) is 5.29. The third kappa shape index (κ3) is 4.31. The fourth-order valence-corrected chi connectivity index (χ4v) is 3.53. The number of carbonyl (C=O) groups excluding carboxylic acids is 2. The third-order valence-electron chi connectivity index (χ3n) is 5.29. The van der Waals surface area contributed by atoms with Gasteiger partial charge < -0.3 is 14.7 Å². The van der Waals surface area contributed by atoms with Crippen molar-refractivity contribution in [2.24, 2.45) is 0 Å². The lowest BCUT2D eigenvalue weighted by Gasteiger charge is -2.31. The normalized spacial score (nSPS) is 13.4. The molecule has 2 atom stereocenters. The first-order chi connectivity index (χ1) is 13.5. The predicted octanol–water partition coefficient (Wildman–Crippen LogP) is 2.91. The number of H-pyrrole nitrogens is 1. The Morgan fingerprint density at radius 1 is 1.00 bits per heavy atom. The minimum absolute atomic E-state index is 0.0525. The van der Waals surface area contributed by atoms with Crippen molar-refractivity contribution in [3.8, 4) is 0 Å². The van der Waals surface area contributed by atoms with Crippen molar-refractivity contribution < 1.29 is 9.59 Å². The number of nitrogens with one attached hydrogen (secondary N) is 1. The molecule has 0 bridgehead atoms. The number of aromatic nitrogens is 1. The molecule has 1 heterocycles. The summed E-state index contributed by atoms with van der Waals surface area (Å²) in [6.07, 6.45) is 3.93. The lowest BCUT2D eigenvalue weighted by Crippen LogP contribution is -2.50. The van der Waals surface area contributed by atoms with Gasteiger partial charge >= 0.3 is 0 Å². The fraction of sp³-hybridized carbons (Fsp3) is 0.304. The van der Waals surface area contributed by atoms with Crippen molar-refractivity contribution in [3.63, 3.8) is 0 Å². The number of fused-ring (bicyclic) bond motifs is 1. The summed E-state index contributed by atoms with van der Waals surface area (Å²) in [7, 11) is 5.52. The Labute approximate surface area is 166 Å². The van der Waals surface area contributed by atoms with Crippen molar-refractivity contribution in [1.29, 1.82) is 0 Å². The van der Waals surface area contributed by atoms with E-state index in [4.69, 9.17) is 0 Å². The van der Waals surface area contributed by atoms with Gasteiger partial charge in [-0.15, -0.1) is 0 Å². The molecular formula is C23H27N3O2. The predicted molar refractivity (Wildman–Crippen MR) is 112 cm³/mol. The number of likely N-dealkylation sites (N-methyl/N-ethyl adjacent to an activating group) is 2. The lowest BCUT2D eigenvalue weighted by atomic mass is 10.0. The standard InChI is InChI=1S/C23H27N3O2/c1-25(2)22(14-18-15-24-21-12-8-7-11-20(18)21)23(28)26(3)19(16-27)13-17-9-5-4-6-10-17/h4-12,15-16,19,22,24H,13-14H2,1-3H3. The van der Waals surface area contributed by atoms with E-state index in [1.165, 1.54) is 0 Å². The molecule has 0 radical (unpaired) electrons. The molecule has 1 amide bonds. The lowest BCUT2D eigenvalue weighted by molar-refractivity contribution is -0.139. The maximum Gasteiger partial charge on any atom is 0.240 e. The van der Waals surface area contributed by atoms with Gasteiger partial charge in [-0.25, -0.2) is 0 Å². The van der Waals surface area contributed by atoms with Crippen LogP contribution in [0.25, 0.3) is 10.9 Å². The van der Waals surface area contributed by atoms with Crippen molar-refractivity contribution in [2.45, 2.75) is 24.9 Å². The van der Waals surface area contributed by atoms with E-state index in [1.807, 2.05) is 73.7 Å².